The van der Waals surface area contributed by atoms with Crippen molar-refractivity contribution in [2.75, 3.05) is 13.2 Å². The van der Waals surface area contributed by atoms with Crippen molar-refractivity contribution < 1.29 is 5.11 Å². The van der Waals surface area contributed by atoms with E-state index >= 15 is 0 Å². The minimum atomic E-state index is 0.302. The molecule has 0 atom stereocenters. The molecule has 1 aliphatic rings. The number of hydrogen-bond acceptors (Lipinski definition) is 3. The van der Waals surface area contributed by atoms with Crippen molar-refractivity contribution in [1.82, 2.24) is 14.7 Å². The molecule has 4 nitrogen and oxygen atoms in total. The Kier molecular flexibility index (Phi) is 3.29. The lowest BCUT2D eigenvalue weighted by molar-refractivity contribution is 0.245. The minimum absolute atomic E-state index is 0.302. The molecule has 0 saturated heterocycles. The highest BCUT2D eigenvalue weighted by Gasteiger charge is 2.41. The van der Waals surface area contributed by atoms with E-state index in [1.165, 1.54) is 18.5 Å². The van der Waals surface area contributed by atoms with Gasteiger partial charge in [0.25, 0.3) is 0 Å². The predicted octanol–water partition coefficient (Wildman–Crippen LogP) is 1.89. The second kappa shape index (κ2) is 4.94. The predicted molar refractivity (Wildman–Crippen MR) is 75.0 cm³/mol. The van der Waals surface area contributed by atoms with Crippen LogP contribution in [0.5, 0.6) is 0 Å². The van der Waals surface area contributed by atoms with E-state index in [2.05, 4.69) is 27.8 Å². The molecule has 4 heteroatoms. The Morgan fingerprint density at radius 1 is 1.42 bits per heavy atom. The molecule has 2 N–H and O–H groups in total. The number of nitrogens with one attached hydrogen (secondary N) is 1. The van der Waals surface area contributed by atoms with Gasteiger partial charge in [-0.05, 0) is 43.7 Å². The summed E-state index contributed by atoms with van der Waals surface area (Å²) in [4.78, 5) is 4.56. The molecular weight excluding hydrogens is 238 g/mol. The SMILES string of the molecule is Cc1nc2ccccn2c1CNCC1(CCO)CC1. The van der Waals surface area contributed by atoms with Gasteiger partial charge in [-0.15, -0.1) is 0 Å². The number of hydrogen-bond donors (Lipinski definition) is 2. The highest BCUT2D eigenvalue weighted by molar-refractivity contribution is 5.42. The van der Waals surface area contributed by atoms with Crippen LogP contribution >= 0.6 is 0 Å². The number of aliphatic hydroxyl groups excluding tert-OH is 1. The third kappa shape index (κ3) is 2.51. The van der Waals surface area contributed by atoms with Crippen LogP contribution in [0.3, 0.4) is 0 Å². The van der Waals surface area contributed by atoms with E-state index in [1.54, 1.807) is 0 Å². The summed E-state index contributed by atoms with van der Waals surface area (Å²) in [7, 11) is 0. The summed E-state index contributed by atoms with van der Waals surface area (Å²) < 4.78 is 2.15. The third-order valence-corrected chi connectivity index (χ3v) is 4.22. The smallest absolute Gasteiger partial charge is 0.137 e. The van der Waals surface area contributed by atoms with E-state index in [-0.39, 0.29) is 0 Å². The first-order chi connectivity index (χ1) is 9.24. The molecule has 2 heterocycles. The highest BCUT2D eigenvalue weighted by Crippen LogP contribution is 2.47. The Morgan fingerprint density at radius 2 is 2.26 bits per heavy atom. The van der Waals surface area contributed by atoms with Gasteiger partial charge < -0.3 is 14.8 Å². The molecule has 0 amide bonds. The number of aryl methyl sites for hydroxylation is 1. The average molecular weight is 259 g/mol. The molecular formula is C15H21N3O. The number of fused-ring (bicyclic) bond motifs is 1. The zero-order chi connectivity index (χ0) is 13.3. The summed E-state index contributed by atoms with van der Waals surface area (Å²) in [6.07, 6.45) is 5.47. The molecule has 19 heavy (non-hydrogen) atoms. The van der Waals surface area contributed by atoms with Crippen LogP contribution in [-0.4, -0.2) is 27.6 Å². The van der Waals surface area contributed by atoms with Crippen LogP contribution in [0, 0.1) is 12.3 Å². The van der Waals surface area contributed by atoms with E-state index in [0.29, 0.717) is 12.0 Å². The van der Waals surface area contributed by atoms with Gasteiger partial charge in [-0.2, -0.15) is 0 Å². The monoisotopic (exact) mass is 259 g/mol. The largest absolute Gasteiger partial charge is 0.396 e. The summed E-state index contributed by atoms with van der Waals surface area (Å²) in [6, 6.07) is 6.08. The van der Waals surface area contributed by atoms with Crippen molar-refractivity contribution >= 4 is 5.65 Å². The maximum absolute atomic E-state index is 9.07. The van der Waals surface area contributed by atoms with Crippen molar-refractivity contribution in [3.8, 4) is 0 Å². The lowest BCUT2D eigenvalue weighted by Crippen LogP contribution is -2.25. The highest BCUT2D eigenvalue weighted by atomic mass is 16.3. The first kappa shape index (κ1) is 12.6. The standard InChI is InChI=1S/C15H21N3O/c1-12-13(18-8-3-2-4-14(18)17-12)10-16-11-15(5-6-15)7-9-19/h2-4,8,16,19H,5-7,9-11H2,1H3. The normalized spacial score (nSPS) is 16.9. The van der Waals surface area contributed by atoms with Gasteiger partial charge in [-0.3, -0.25) is 0 Å². The van der Waals surface area contributed by atoms with E-state index in [4.69, 9.17) is 5.11 Å². The van der Waals surface area contributed by atoms with Crippen LogP contribution in [0.1, 0.15) is 30.7 Å². The molecule has 0 unspecified atom stereocenters. The lowest BCUT2D eigenvalue weighted by Gasteiger charge is -2.14. The number of aliphatic hydroxyl groups is 1. The summed E-state index contributed by atoms with van der Waals surface area (Å²) in [5, 5.41) is 12.6. The minimum Gasteiger partial charge on any atom is -0.396 e. The van der Waals surface area contributed by atoms with Gasteiger partial charge in [0, 0.05) is 25.9 Å². The maximum atomic E-state index is 9.07. The van der Waals surface area contributed by atoms with Gasteiger partial charge in [0.05, 0.1) is 11.4 Å². The molecule has 102 valence electrons. The van der Waals surface area contributed by atoms with E-state index in [1.807, 2.05) is 18.2 Å². The van der Waals surface area contributed by atoms with Crippen molar-refractivity contribution in [1.29, 1.82) is 0 Å². The Morgan fingerprint density at radius 3 is 3.00 bits per heavy atom. The van der Waals surface area contributed by atoms with Crippen LogP contribution in [0.15, 0.2) is 24.4 Å². The number of nitrogens with zero attached hydrogens (tertiary/aromatic N) is 2. The van der Waals surface area contributed by atoms with Gasteiger partial charge in [0.2, 0.25) is 0 Å². The van der Waals surface area contributed by atoms with Crippen molar-refractivity contribution in [2.24, 2.45) is 5.41 Å². The van der Waals surface area contributed by atoms with Gasteiger partial charge >= 0.3 is 0 Å². The molecule has 3 rings (SSSR count). The van der Waals surface area contributed by atoms with Crippen LogP contribution in [0.25, 0.3) is 5.65 Å². The lowest BCUT2D eigenvalue weighted by atomic mass is 10.0. The van der Waals surface area contributed by atoms with Crippen LogP contribution in [-0.2, 0) is 6.54 Å². The number of rotatable bonds is 6. The van der Waals surface area contributed by atoms with Gasteiger partial charge in [0.1, 0.15) is 5.65 Å². The Hall–Kier alpha value is -1.39. The topological polar surface area (TPSA) is 49.6 Å². The second-order valence-corrected chi connectivity index (χ2v) is 5.65. The van der Waals surface area contributed by atoms with E-state index in [0.717, 1.165) is 30.9 Å². The average Bonchev–Trinajstić information content (AvgIpc) is 3.08. The van der Waals surface area contributed by atoms with Crippen molar-refractivity contribution in [2.45, 2.75) is 32.7 Å². The molecule has 1 aliphatic carbocycles. The molecule has 0 radical (unpaired) electrons. The van der Waals surface area contributed by atoms with Crippen LogP contribution < -0.4 is 5.32 Å². The van der Waals surface area contributed by atoms with Crippen molar-refractivity contribution in [3.63, 3.8) is 0 Å². The summed E-state index contributed by atoms with van der Waals surface area (Å²) in [5.74, 6) is 0. The number of pyridine rings is 1. The Labute approximate surface area is 113 Å². The molecule has 0 bridgehead atoms. The quantitative estimate of drug-likeness (QED) is 0.833. The third-order valence-electron chi connectivity index (χ3n) is 4.22. The molecule has 0 spiro atoms. The van der Waals surface area contributed by atoms with Crippen LogP contribution in [0.4, 0.5) is 0 Å². The molecule has 0 aromatic carbocycles. The second-order valence-electron chi connectivity index (χ2n) is 5.65. The molecule has 1 fully saturated rings. The fraction of sp³-hybridized carbons (Fsp3) is 0.533. The van der Waals surface area contributed by atoms with Gasteiger partial charge in [-0.25, -0.2) is 4.98 Å². The molecule has 0 aliphatic heterocycles. The maximum Gasteiger partial charge on any atom is 0.137 e. The first-order valence-corrected chi connectivity index (χ1v) is 6.98. The first-order valence-electron chi connectivity index (χ1n) is 6.98. The van der Waals surface area contributed by atoms with Crippen LogP contribution in [0.2, 0.25) is 0 Å². The number of aromatic nitrogens is 2. The summed E-state index contributed by atoms with van der Waals surface area (Å²) in [5.41, 5.74) is 3.69. The van der Waals surface area contributed by atoms with Crippen molar-refractivity contribution in [3.05, 3.63) is 35.8 Å². The zero-order valence-electron chi connectivity index (χ0n) is 11.4. The molecule has 2 aromatic rings. The molecule has 1 saturated carbocycles. The number of imidazole rings is 1. The summed E-state index contributed by atoms with van der Waals surface area (Å²) >= 11 is 0. The Bertz CT molecular complexity index is 572. The fourth-order valence-electron chi connectivity index (χ4n) is 2.75. The zero-order valence-corrected chi connectivity index (χ0v) is 11.4. The van der Waals surface area contributed by atoms with E-state index < -0.39 is 0 Å². The fourth-order valence-corrected chi connectivity index (χ4v) is 2.75. The molecule has 2 aromatic heterocycles. The van der Waals surface area contributed by atoms with E-state index in [9.17, 15) is 0 Å². The Balaban J connectivity index is 1.67. The van der Waals surface area contributed by atoms with Gasteiger partial charge in [0.15, 0.2) is 0 Å². The summed E-state index contributed by atoms with van der Waals surface area (Å²) in [6.45, 7) is 4.19. The van der Waals surface area contributed by atoms with Gasteiger partial charge in [-0.1, -0.05) is 6.07 Å².